The van der Waals surface area contributed by atoms with Crippen LogP contribution in [0, 0.1) is 0 Å². The maximum atomic E-state index is 7.57. The van der Waals surface area contributed by atoms with Gasteiger partial charge in [0.25, 0.3) is 0 Å². The van der Waals surface area contributed by atoms with Crippen molar-refractivity contribution >= 4 is 34.8 Å². The van der Waals surface area contributed by atoms with E-state index in [9.17, 15) is 0 Å². The van der Waals surface area contributed by atoms with Crippen molar-refractivity contribution in [2.45, 2.75) is 11.2 Å². The molecule has 1 nitrogen and oxygen atoms in total. The number of benzene rings is 1. The van der Waals surface area contributed by atoms with Gasteiger partial charge in [-0.3, -0.25) is 0 Å². The van der Waals surface area contributed by atoms with E-state index in [0.29, 0.717) is 0 Å². The Bertz CT molecular complexity index is 127. The van der Waals surface area contributed by atoms with Crippen LogP contribution in [-0.4, -0.2) is 16.0 Å². The zero-order chi connectivity index (χ0) is 10.5. The Hall–Kier alpha value is 0.0500. The first kappa shape index (κ1) is 15.5. The maximum absolute atomic E-state index is 7.57. The first-order chi connectivity index (χ1) is 6.15. The minimum Gasteiger partial charge on any atom is -0.397 e. The van der Waals surface area contributed by atoms with Gasteiger partial charge in [0.15, 0.2) is 4.30 Å². The smallest absolute Gasteiger partial charge is 0.180 e. The van der Waals surface area contributed by atoms with Crippen LogP contribution in [0.25, 0.3) is 0 Å². The molecule has 0 aliphatic carbocycles. The molecule has 13 heavy (non-hydrogen) atoms. The molecule has 0 aliphatic heterocycles. The van der Waals surface area contributed by atoms with Gasteiger partial charge in [0.05, 0.1) is 0 Å². The Morgan fingerprint density at radius 3 is 1.08 bits per heavy atom. The summed E-state index contributed by atoms with van der Waals surface area (Å²) in [4.78, 5) is 0. The number of hydrogen-bond acceptors (Lipinski definition) is 1. The van der Waals surface area contributed by atoms with Gasteiger partial charge in [-0.2, -0.15) is 0 Å². The maximum Gasteiger partial charge on any atom is 0.180 e. The summed E-state index contributed by atoms with van der Waals surface area (Å²) in [5, 5.41) is 7.57. The molecule has 1 rings (SSSR count). The van der Waals surface area contributed by atoms with Crippen LogP contribution in [-0.2, 0) is 0 Å². The van der Waals surface area contributed by atoms with Crippen molar-refractivity contribution < 1.29 is 5.11 Å². The lowest BCUT2D eigenvalue weighted by atomic mass is 10.4. The van der Waals surface area contributed by atoms with E-state index in [-0.39, 0.29) is 6.61 Å². The molecular weight excluding hydrogens is 230 g/mol. The molecule has 0 heterocycles. The molecule has 0 saturated heterocycles. The Morgan fingerprint density at radius 1 is 0.923 bits per heavy atom. The number of alkyl halides is 3. The zero-order valence-corrected chi connectivity index (χ0v) is 9.60. The fraction of sp³-hybridized carbons (Fsp3) is 0.333. The third kappa shape index (κ3) is 33.3. The van der Waals surface area contributed by atoms with Crippen LogP contribution in [0.5, 0.6) is 0 Å². The number of aliphatic hydroxyl groups is 1. The van der Waals surface area contributed by atoms with E-state index in [1.54, 1.807) is 6.92 Å². The highest BCUT2D eigenvalue weighted by molar-refractivity contribution is 6.63. The average Bonchev–Trinajstić information content (AvgIpc) is 2.08. The van der Waals surface area contributed by atoms with Crippen LogP contribution in [0.15, 0.2) is 36.4 Å². The minimum absolute atomic E-state index is 0.250. The summed E-state index contributed by atoms with van der Waals surface area (Å²) in [6, 6.07) is 12.0. The molecule has 4 heteroatoms. The fourth-order valence-corrected chi connectivity index (χ4v) is 0.385. The average molecular weight is 244 g/mol. The van der Waals surface area contributed by atoms with E-state index in [4.69, 9.17) is 39.9 Å². The molecule has 0 saturated carbocycles. The lowest BCUT2D eigenvalue weighted by molar-refractivity contribution is 0.318. The summed E-state index contributed by atoms with van der Waals surface area (Å²) < 4.78 is -0.750. The van der Waals surface area contributed by atoms with Gasteiger partial charge in [-0.05, 0) is 6.92 Å². The molecule has 0 bridgehead atoms. The summed E-state index contributed by atoms with van der Waals surface area (Å²) in [5.74, 6) is 0. The molecular formula is C9H13Cl3O. The molecule has 0 aromatic heterocycles. The monoisotopic (exact) mass is 242 g/mol. The van der Waals surface area contributed by atoms with Crippen LogP contribution in [0.1, 0.15) is 6.92 Å². The third-order valence-corrected chi connectivity index (χ3v) is 0.667. The van der Waals surface area contributed by atoms with Crippen molar-refractivity contribution in [1.82, 2.24) is 0 Å². The zero-order valence-electron chi connectivity index (χ0n) is 7.33. The molecule has 0 atom stereocenters. The van der Waals surface area contributed by atoms with Gasteiger partial charge in [-0.15, -0.1) is 0 Å². The summed E-state index contributed by atoms with van der Waals surface area (Å²) >= 11 is 14.4. The Kier molecular flexibility index (Phi) is 17.4. The molecule has 76 valence electrons. The number of hydrogen-bond donors (Lipinski definition) is 1. The van der Waals surface area contributed by atoms with E-state index in [0.717, 1.165) is 0 Å². The Labute approximate surface area is 94.2 Å². The molecule has 1 aromatic carbocycles. The summed E-state index contributed by atoms with van der Waals surface area (Å²) in [6.07, 6.45) is 0. The Morgan fingerprint density at radius 2 is 1.00 bits per heavy atom. The highest BCUT2D eigenvalue weighted by Crippen LogP contribution is 2.03. The van der Waals surface area contributed by atoms with Gasteiger partial charge in [0.2, 0.25) is 0 Å². The van der Waals surface area contributed by atoms with Crippen molar-refractivity contribution in [2.24, 2.45) is 0 Å². The molecule has 0 radical (unpaired) electrons. The lowest BCUT2D eigenvalue weighted by Gasteiger charge is -1.69. The van der Waals surface area contributed by atoms with E-state index < -0.39 is 4.30 Å². The topological polar surface area (TPSA) is 20.2 Å². The predicted octanol–water partition coefficient (Wildman–Crippen LogP) is 3.67. The summed E-state index contributed by atoms with van der Waals surface area (Å²) in [7, 11) is 0. The first-order valence-corrected chi connectivity index (χ1v) is 4.99. The molecule has 1 aromatic rings. The molecule has 1 N–H and O–H groups in total. The van der Waals surface area contributed by atoms with Crippen LogP contribution in [0.4, 0.5) is 0 Å². The first-order valence-electron chi connectivity index (χ1n) is 3.68. The fourth-order valence-electron chi connectivity index (χ4n) is 0.385. The highest BCUT2D eigenvalue weighted by Gasteiger charge is 1.78. The normalized spacial score (nSPS) is 7.85. The molecule has 0 fully saturated rings. The van der Waals surface area contributed by atoms with Crippen LogP contribution >= 0.6 is 34.8 Å². The second kappa shape index (κ2) is 14.6. The second-order valence-electron chi connectivity index (χ2n) is 1.72. The van der Waals surface area contributed by atoms with Crippen molar-refractivity contribution in [3.05, 3.63) is 36.4 Å². The number of rotatable bonds is 0. The van der Waals surface area contributed by atoms with Gasteiger partial charge < -0.3 is 5.11 Å². The number of halogens is 3. The Balaban J connectivity index is 0. The van der Waals surface area contributed by atoms with E-state index in [1.807, 2.05) is 36.4 Å². The van der Waals surface area contributed by atoms with Gasteiger partial charge in [0, 0.05) is 6.61 Å². The van der Waals surface area contributed by atoms with Crippen molar-refractivity contribution in [1.29, 1.82) is 0 Å². The number of aliphatic hydroxyl groups excluding tert-OH is 1. The van der Waals surface area contributed by atoms with E-state index in [2.05, 4.69) is 0 Å². The van der Waals surface area contributed by atoms with E-state index >= 15 is 0 Å². The third-order valence-electron chi connectivity index (χ3n) is 0.667. The van der Waals surface area contributed by atoms with Gasteiger partial charge in [-0.1, -0.05) is 71.2 Å². The minimum atomic E-state index is -0.750. The second-order valence-corrected chi connectivity index (χ2v) is 3.70. The summed E-state index contributed by atoms with van der Waals surface area (Å²) in [6.45, 7) is 1.93. The quantitative estimate of drug-likeness (QED) is 0.689. The lowest BCUT2D eigenvalue weighted by Crippen LogP contribution is -1.57. The van der Waals surface area contributed by atoms with Crippen LogP contribution in [0.2, 0.25) is 0 Å². The van der Waals surface area contributed by atoms with Gasteiger partial charge in [-0.25, -0.2) is 0 Å². The SMILES string of the molecule is CCO.ClC(Cl)Cl.c1ccccc1. The van der Waals surface area contributed by atoms with Crippen molar-refractivity contribution in [3.8, 4) is 0 Å². The molecule has 0 amide bonds. The highest BCUT2D eigenvalue weighted by atomic mass is 35.6. The molecule has 0 unspecified atom stereocenters. The van der Waals surface area contributed by atoms with Crippen molar-refractivity contribution in [3.63, 3.8) is 0 Å². The summed E-state index contributed by atoms with van der Waals surface area (Å²) in [5.41, 5.74) is 0. The van der Waals surface area contributed by atoms with E-state index in [1.165, 1.54) is 0 Å². The van der Waals surface area contributed by atoms with Crippen LogP contribution in [0.3, 0.4) is 0 Å². The van der Waals surface area contributed by atoms with Gasteiger partial charge >= 0.3 is 0 Å². The largest absolute Gasteiger partial charge is 0.397 e. The van der Waals surface area contributed by atoms with Crippen molar-refractivity contribution in [2.75, 3.05) is 6.61 Å². The van der Waals surface area contributed by atoms with Crippen LogP contribution < -0.4 is 0 Å². The standard InChI is InChI=1S/C6H6.C2H6O.CHCl3/c1-2-4-6-5-3-1;1-2-3;2-1(3)4/h1-6H;3H,2H2,1H3;1H. The molecule has 0 aliphatic rings. The van der Waals surface area contributed by atoms with Gasteiger partial charge in [0.1, 0.15) is 0 Å². The predicted molar refractivity (Wildman–Crippen MR) is 60.5 cm³/mol. The molecule has 0 spiro atoms.